The van der Waals surface area contributed by atoms with Gasteiger partial charge < -0.3 is 28.3 Å². The number of halogens is 3. The molecular formula is C27H31BBr2FN3O6. The van der Waals surface area contributed by atoms with Crippen molar-refractivity contribution in [3.05, 3.63) is 69.9 Å². The van der Waals surface area contributed by atoms with Gasteiger partial charge in [0.15, 0.2) is 0 Å². The zero-order chi connectivity index (χ0) is 28.8. The maximum Gasteiger partial charge on any atom is 0.496 e. The van der Waals surface area contributed by atoms with Crippen LogP contribution >= 0.6 is 31.9 Å². The van der Waals surface area contributed by atoms with Crippen LogP contribution in [-0.2, 0) is 18.8 Å². The van der Waals surface area contributed by atoms with E-state index in [1.807, 2.05) is 52.0 Å². The van der Waals surface area contributed by atoms with E-state index >= 15 is 0 Å². The van der Waals surface area contributed by atoms with Crippen LogP contribution in [-0.4, -0.2) is 71.9 Å². The molecule has 3 aliphatic heterocycles. The summed E-state index contributed by atoms with van der Waals surface area (Å²) < 4.78 is 46.8. The first kappa shape index (κ1) is 30.8. The molecule has 0 unspecified atom stereocenters. The maximum atomic E-state index is 12.0. The fraction of sp³-hybridized carbons (Fsp3) is 0.444. The van der Waals surface area contributed by atoms with Crippen LogP contribution in [0.4, 0.5) is 4.39 Å². The molecule has 3 saturated heterocycles. The summed E-state index contributed by atoms with van der Waals surface area (Å²) in [6.45, 7) is 10.8. The van der Waals surface area contributed by atoms with Gasteiger partial charge in [0.05, 0.1) is 37.6 Å². The van der Waals surface area contributed by atoms with Gasteiger partial charge in [-0.25, -0.2) is 15.0 Å². The van der Waals surface area contributed by atoms with E-state index in [0.29, 0.717) is 38.2 Å². The third-order valence-electron chi connectivity index (χ3n) is 6.47. The smallest absolute Gasteiger partial charge is 0.469 e. The lowest BCUT2D eigenvalue weighted by molar-refractivity contribution is -0.0813. The molecule has 0 radical (unpaired) electrons. The van der Waals surface area contributed by atoms with Crippen LogP contribution in [0.1, 0.15) is 27.7 Å². The number of hydrogen-bond donors (Lipinski definition) is 0. The van der Waals surface area contributed by atoms with Gasteiger partial charge >= 0.3 is 7.12 Å². The Morgan fingerprint density at radius 1 is 0.725 bits per heavy atom. The molecule has 0 aromatic carbocycles. The number of pyridine rings is 3. The van der Waals surface area contributed by atoms with Crippen LogP contribution in [0.3, 0.4) is 0 Å². The average Bonchev–Trinajstić information content (AvgIpc) is 3.09. The molecule has 3 fully saturated rings. The van der Waals surface area contributed by atoms with E-state index in [9.17, 15) is 4.39 Å². The molecule has 3 aliphatic rings. The summed E-state index contributed by atoms with van der Waals surface area (Å²) in [6, 6.07) is 10.4. The molecule has 40 heavy (non-hydrogen) atoms. The van der Waals surface area contributed by atoms with Gasteiger partial charge in [0.1, 0.15) is 12.2 Å². The number of nitrogens with zero attached hydrogens (tertiary/aromatic N) is 3. The van der Waals surface area contributed by atoms with Gasteiger partial charge in [0.2, 0.25) is 17.7 Å². The second-order valence-corrected chi connectivity index (χ2v) is 12.0. The minimum absolute atomic E-state index is 0.130. The molecular weight excluding hydrogens is 652 g/mol. The highest BCUT2D eigenvalue weighted by Crippen LogP contribution is 2.36. The van der Waals surface area contributed by atoms with Crippen molar-refractivity contribution in [3.63, 3.8) is 0 Å². The largest absolute Gasteiger partial charge is 0.496 e. The van der Waals surface area contributed by atoms with Gasteiger partial charge in [0, 0.05) is 39.1 Å². The van der Waals surface area contributed by atoms with Crippen molar-refractivity contribution in [2.24, 2.45) is 0 Å². The Labute approximate surface area is 250 Å². The van der Waals surface area contributed by atoms with Crippen molar-refractivity contribution in [1.82, 2.24) is 15.0 Å². The second-order valence-electron chi connectivity index (χ2n) is 10.2. The molecule has 3 aromatic heterocycles. The van der Waals surface area contributed by atoms with Gasteiger partial charge in [-0.3, -0.25) is 0 Å². The molecule has 214 valence electrons. The summed E-state index contributed by atoms with van der Waals surface area (Å²) in [6.07, 6.45) is 5.20. The van der Waals surface area contributed by atoms with E-state index in [1.54, 1.807) is 18.5 Å². The van der Waals surface area contributed by atoms with E-state index in [-0.39, 0.29) is 30.5 Å². The highest BCUT2D eigenvalue weighted by Gasteiger charge is 2.51. The predicted molar refractivity (Wildman–Crippen MR) is 154 cm³/mol. The van der Waals surface area contributed by atoms with E-state index in [4.69, 9.17) is 28.3 Å². The van der Waals surface area contributed by atoms with Crippen molar-refractivity contribution in [2.75, 3.05) is 26.4 Å². The van der Waals surface area contributed by atoms with Gasteiger partial charge in [-0.05, 0) is 83.8 Å². The van der Waals surface area contributed by atoms with Crippen LogP contribution in [0.2, 0.25) is 0 Å². The molecule has 0 bridgehead atoms. The van der Waals surface area contributed by atoms with E-state index in [0.717, 1.165) is 14.4 Å². The predicted octanol–water partition coefficient (Wildman–Crippen LogP) is 4.76. The average molecular weight is 683 g/mol. The Morgan fingerprint density at radius 2 is 1.20 bits per heavy atom. The van der Waals surface area contributed by atoms with Gasteiger partial charge in [-0.2, -0.15) is 4.39 Å². The van der Waals surface area contributed by atoms with Crippen molar-refractivity contribution in [3.8, 4) is 11.8 Å². The minimum Gasteiger partial charge on any atom is -0.469 e. The standard InChI is InChI=1S/C14H20BNO4.C8H8BrNO2.C5H3BrFN/c1-13(2)14(3,4)20-15(19-13)10-5-6-12(16-7-10)18-11-8-17-9-11;9-6-1-2-8(10-3-6)12-7-4-11-5-7;6-4-1-2-5(7)8-3-4/h5-7,11H,8-9H2,1-4H3;1-3,7H,4-5H2;1-3H. The van der Waals surface area contributed by atoms with Crippen LogP contribution in [0.5, 0.6) is 11.8 Å². The molecule has 6 rings (SSSR count). The summed E-state index contributed by atoms with van der Waals surface area (Å²) >= 11 is 6.42. The lowest BCUT2D eigenvalue weighted by Crippen LogP contribution is -2.41. The zero-order valence-electron chi connectivity index (χ0n) is 22.7. The Hall–Kier alpha value is -2.16. The van der Waals surface area contributed by atoms with Crippen LogP contribution < -0.4 is 14.9 Å². The summed E-state index contributed by atoms with van der Waals surface area (Å²) in [5.41, 5.74) is 0.229. The Bertz CT molecular complexity index is 1180. The number of hydrogen-bond acceptors (Lipinski definition) is 9. The van der Waals surface area contributed by atoms with E-state index in [2.05, 4.69) is 46.8 Å². The molecule has 0 atom stereocenters. The van der Waals surface area contributed by atoms with Crippen molar-refractivity contribution in [2.45, 2.75) is 51.1 Å². The second kappa shape index (κ2) is 13.7. The molecule has 0 spiro atoms. The fourth-order valence-corrected chi connectivity index (χ4v) is 3.74. The molecule has 13 heteroatoms. The normalized spacial score (nSPS) is 19.2. The summed E-state index contributed by atoms with van der Waals surface area (Å²) in [4.78, 5) is 11.7. The van der Waals surface area contributed by atoms with Gasteiger partial charge in [0.25, 0.3) is 0 Å². The van der Waals surface area contributed by atoms with Crippen molar-refractivity contribution < 1.29 is 32.6 Å². The molecule has 0 amide bonds. The van der Waals surface area contributed by atoms with Crippen LogP contribution in [0, 0.1) is 5.95 Å². The lowest BCUT2D eigenvalue weighted by atomic mass is 9.80. The monoisotopic (exact) mass is 681 g/mol. The Balaban J connectivity index is 0.000000156. The van der Waals surface area contributed by atoms with Gasteiger partial charge in [-0.1, -0.05) is 6.07 Å². The fourth-order valence-electron chi connectivity index (χ4n) is 3.28. The molecule has 3 aromatic rings. The van der Waals surface area contributed by atoms with Crippen molar-refractivity contribution in [1.29, 1.82) is 0 Å². The first-order valence-electron chi connectivity index (χ1n) is 12.7. The van der Waals surface area contributed by atoms with Crippen molar-refractivity contribution >= 4 is 44.4 Å². The summed E-state index contributed by atoms with van der Waals surface area (Å²) in [5.74, 6) is 0.818. The third kappa shape index (κ3) is 8.67. The quantitative estimate of drug-likeness (QED) is 0.279. The SMILES string of the molecule is Brc1ccc(OC2COC2)nc1.CC1(C)OB(c2ccc(OC3COC3)nc2)OC1(C)C.Fc1ccc(Br)cn1. The summed E-state index contributed by atoms with van der Waals surface area (Å²) in [5, 5.41) is 0. The molecule has 6 heterocycles. The minimum atomic E-state index is -0.451. The van der Waals surface area contributed by atoms with Crippen LogP contribution in [0.25, 0.3) is 0 Å². The Morgan fingerprint density at radius 3 is 1.55 bits per heavy atom. The lowest BCUT2D eigenvalue weighted by Gasteiger charge is -2.32. The molecule has 0 saturated carbocycles. The van der Waals surface area contributed by atoms with E-state index in [1.165, 1.54) is 12.3 Å². The number of aromatic nitrogens is 3. The third-order valence-corrected chi connectivity index (χ3v) is 7.40. The highest BCUT2D eigenvalue weighted by molar-refractivity contribution is 9.10. The first-order valence-corrected chi connectivity index (χ1v) is 14.3. The molecule has 0 aliphatic carbocycles. The zero-order valence-corrected chi connectivity index (χ0v) is 25.9. The number of ether oxygens (including phenoxy) is 4. The maximum absolute atomic E-state index is 12.0. The topological polar surface area (TPSA) is 94.1 Å². The molecule has 0 N–H and O–H groups in total. The molecule has 9 nitrogen and oxygen atoms in total. The highest BCUT2D eigenvalue weighted by atomic mass is 79.9. The summed E-state index contributed by atoms with van der Waals surface area (Å²) in [7, 11) is -0.381. The number of rotatable bonds is 5. The van der Waals surface area contributed by atoms with Crippen LogP contribution in [0.15, 0.2) is 63.9 Å². The van der Waals surface area contributed by atoms with E-state index < -0.39 is 5.95 Å². The Kier molecular flexibility index (Phi) is 10.5. The first-order chi connectivity index (χ1) is 19.0. The van der Waals surface area contributed by atoms with Gasteiger partial charge in [-0.15, -0.1) is 0 Å².